The molecule has 8 heteroatoms. The number of amides is 1. The number of carbonyl (C=O) groups excluding carboxylic acids is 3. The van der Waals surface area contributed by atoms with Gasteiger partial charge >= 0.3 is 11.9 Å². The first-order chi connectivity index (χ1) is 17.1. The molecule has 4 rings (SSSR count). The third-order valence-corrected chi connectivity index (χ3v) is 5.47. The number of hydrogen-bond donors (Lipinski definition) is 1. The monoisotopic (exact) mass is 470 g/mol. The van der Waals surface area contributed by atoms with Crippen LogP contribution in [0.1, 0.15) is 31.1 Å². The van der Waals surface area contributed by atoms with Crippen LogP contribution in [0.3, 0.4) is 0 Å². The first kappa shape index (κ1) is 23.7. The Hall–Kier alpha value is -4.48. The largest absolute Gasteiger partial charge is 0.459 e. The lowest BCUT2D eigenvalue weighted by molar-refractivity contribution is -0.0356. The summed E-state index contributed by atoms with van der Waals surface area (Å²) < 4.78 is 16.9. The molecule has 176 valence electrons. The van der Waals surface area contributed by atoms with Crippen molar-refractivity contribution in [2.24, 2.45) is 0 Å². The maximum Gasteiger partial charge on any atom is 0.338 e. The van der Waals surface area contributed by atoms with Gasteiger partial charge in [0.2, 0.25) is 0 Å². The molecule has 3 aromatic rings. The number of nitriles is 1. The third-order valence-electron chi connectivity index (χ3n) is 5.47. The first-order valence-electron chi connectivity index (χ1n) is 11.0. The van der Waals surface area contributed by atoms with E-state index in [0.717, 1.165) is 0 Å². The van der Waals surface area contributed by atoms with E-state index in [1.807, 2.05) is 6.07 Å². The van der Waals surface area contributed by atoms with E-state index in [2.05, 4.69) is 5.32 Å². The van der Waals surface area contributed by atoms with Crippen molar-refractivity contribution in [1.29, 1.82) is 5.26 Å². The van der Waals surface area contributed by atoms with Gasteiger partial charge in [0.05, 0.1) is 17.2 Å². The number of benzene rings is 3. The molecule has 1 fully saturated rings. The number of nitrogens with one attached hydrogen (secondary N) is 1. The minimum absolute atomic E-state index is 0.281. The van der Waals surface area contributed by atoms with Gasteiger partial charge in [0.1, 0.15) is 18.8 Å². The Balaban J connectivity index is 1.55. The van der Waals surface area contributed by atoms with Gasteiger partial charge < -0.3 is 19.5 Å². The maximum absolute atomic E-state index is 12.8. The molecule has 0 spiro atoms. The normalized spacial score (nSPS) is 20.9. The van der Waals surface area contributed by atoms with Gasteiger partial charge in [-0.05, 0) is 36.4 Å². The van der Waals surface area contributed by atoms with Crippen LogP contribution in [0.25, 0.3) is 0 Å². The van der Waals surface area contributed by atoms with Gasteiger partial charge in [-0.3, -0.25) is 4.79 Å². The van der Waals surface area contributed by atoms with Crippen LogP contribution in [0.15, 0.2) is 91.0 Å². The summed E-state index contributed by atoms with van der Waals surface area (Å²) in [6.07, 6.45) is -3.18. The topological polar surface area (TPSA) is 115 Å². The molecule has 0 radical (unpaired) electrons. The van der Waals surface area contributed by atoms with E-state index in [0.29, 0.717) is 16.7 Å². The Bertz CT molecular complexity index is 1210. The van der Waals surface area contributed by atoms with Crippen LogP contribution in [0.4, 0.5) is 0 Å². The van der Waals surface area contributed by atoms with E-state index in [4.69, 9.17) is 14.2 Å². The molecule has 3 aromatic carbocycles. The number of ether oxygens (including phenoxy) is 3. The first-order valence-corrected chi connectivity index (χ1v) is 11.0. The average Bonchev–Trinajstić information content (AvgIpc) is 3.24. The predicted octanol–water partition coefficient (Wildman–Crippen LogP) is 3.16. The van der Waals surface area contributed by atoms with Crippen LogP contribution in [0, 0.1) is 11.3 Å². The Morgan fingerprint density at radius 1 is 0.800 bits per heavy atom. The molecular formula is C27H22N2O6. The van der Waals surface area contributed by atoms with Gasteiger partial charge in [0.25, 0.3) is 5.91 Å². The van der Waals surface area contributed by atoms with Crippen molar-refractivity contribution in [1.82, 2.24) is 5.32 Å². The van der Waals surface area contributed by atoms with Crippen molar-refractivity contribution >= 4 is 17.8 Å². The second-order valence-electron chi connectivity index (χ2n) is 7.79. The van der Waals surface area contributed by atoms with Crippen LogP contribution < -0.4 is 5.32 Å². The summed E-state index contributed by atoms with van der Waals surface area (Å²) in [6, 6.07) is 26.1. The van der Waals surface area contributed by atoms with E-state index in [9.17, 15) is 19.6 Å². The van der Waals surface area contributed by atoms with E-state index in [1.54, 1.807) is 91.0 Å². The molecule has 1 aliphatic heterocycles. The molecule has 0 saturated carbocycles. The zero-order chi connectivity index (χ0) is 24.6. The summed E-state index contributed by atoms with van der Waals surface area (Å²) in [6.45, 7) is -0.281. The second-order valence-corrected chi connectivity index (χ2v) is 7.79. The fourth-order valence-corrected chi connectivity index (χ4v) is 3.71. The minimum atomic E-state index is -1.13. The smallest absolute Gasteiger partial charge is 0.338 e. The average molecular weight is 470 g/mol. The molecule has 8 nitrogen and oxygen atoms in total. The molecule has 35 heavy (non-hydrogen) atoms. The zero-order valence-corrected chi connectivity index (χ0v) is 18.6. The van der Waals surface area contributed by atoms with Gasteiger partial charge in [-0.15, -0.1) is 0 Å². The number of esters is 2. The summed E-state index contributed by atoms with van der Waals surface area (Å²) in [5, 5.41) is 12.4. The minimum Gasteiger partial charge on any atom is -0.459 e. The number of carbonyl (C=O) groups is 3. The summed E-state index contributed by atoms with van der Waals surface area (Å²) in [4.78, 5) is 38.1. The van der Waals surface area contributed by atoms with Crippen molar-refractivity contribution < 1.29 is 28.6 Å². The van der Waals surface area contributed by atoms with Gasteiger partial charge in [-0.2, -0.15) is 5.26 Å². The summed E-state index contributed by atoms with van der Waals surface area (Å²) in [5.74, 6) is -1.70. The third kappa shape index (κ3) is 5.72. The fourth-order valence-electron chi connectivity index (χ4n) is 3.71. The van der Waals surface area contributed by atoms with E-state index < -0.39 is 42.2 Å². The van der Waals surface area contributed by atoms with Crippen molar-refractivity contribution in [2.75, 3.05) is 6.61 Å². The lowest BCUT2D eigenvalue weighted by Crippen LogP contribution is -2.49. The van der Waals surface area contributed by atoms with Crippen LogP contribution in [-0.2, 0) is 14.2 Å². The van der Waals surface area contributed by atoms with E-state index in [-0.39, 0.29) is 6.61 Å². The summed E-state index contributed by atoms with van der Waals surface area (Å²) >= 11 is 0. The quantitative estimate of drug-likeness (QED) is 0.528. The van der Waals surface area contributed by atoms with Crippen LogP contribution in [0.5, 0.6) is 0 Å². The second kappa shape index (κ2) is 11.1. The zero-order valence-electron chi connectivity index (χ0n) is 18.6. The SMILES string of the molecule is N#C[C@@H]1O[C@H](COC(=O)c2ccccc2)[C@@H](OC(=O)c2ccccc2)[C@H]1NC(=O)c1ccccc1. The predicted molar refractivity (Wildman–Crippen MR) is 124 cm³/mol. The highest BCUT2D eigenvalue weighted by Crippen LogP contribution is 2.26. The Kier molecular flexibility index (Phi) is 7.50. The van der Waals surface area contributed by atoms with E-state index in [1.165, 1.54) is 0 Å². The lowest BCUT2D eigenvalue weighted by atomic mass is 10.0. The molecule has 1 heterocycles. The van der Waals surface area contributed by atoms with Gasteiger partial charge in [0, 0.05) is 5.56 Å². The molecule has 0 unspecified atom stereocenters. The molecule has 4 atom stereocenters. The van der Waals surface area contributed by atoms with Gasteiger partial charge in [0.15, 0.2) is 12.2 Å². The molecule has 0 aliphatic carbocycles. The van der Waals surface area contributed by atoms with Crippen molar-refractivity contribution in [3.8, 4) is 6.07 Å². The van der Waals surface area contributed by atoms with Crippen molar-refractivity contribution in [3.63, 3.8) is 0 Å². The highest BCUT2D eigenvalue weighted by atomic mass is 16.6. The lowest BCUT2D eigenvalue weighted by Gasteiger charge is -2.24. The maximum atomic E-state index is 12.8. The Morgan fingerprint density at radius 2 is 1.31 bits per heavy atom. The Labute approximate surface area is 202 Å². The summed E-state index contributed by atoms with van der Waals surface area (Å²) in [5.41, 5.74) is 1.01. The Morgan fingerprint density at radius 3 is 1.86 bits per heavy atom. The standard InChI is InChI=1S/C27H22N2O6/c28-16-21-23(29-25(30)18-10-4-1-5-11-18)24(35-27(32)20-14-8-3-9-15-20)22(34-21)17-33-26(31)19-12-6-2-7-13-19/h1-15,21-24H,17H2,(H,29,30)/t21-,22+,23-,24+/m0/s1. The van der Waals surface area contributed by atoms with Crippen LogP contribution >= 0.6 is 0 Å². The highest BCUT2D eigenvalue weighted by molar-refractivity contribution is 5.94. The molecule has 1 N–H and O–H groups in total. The highest BCUT2D eigenvalue weighted by Gasteiger charge is 2.49. The molecule has 0 bridgehead atoms. The van der Waals surface area contributed by atoms with Crippen molar-refractivity contribution in [2.45, 2.75) is 24.4 Å². The number of hydrogen-bond acceptors (Lipinski definition) is 7. The fraction of sp³-hybridized carbons (Fsp3) is 0.185. The van der Waals surface area contributed by atoms with Gasteiger partial charge in [-0.1, -0.05) is 54.6 Å². The van der Waals surface area contributed by atoms with E-state index >= 15 is 0 Å². The molecule has 0 aromatic heterocycles. The number of rotatable bonds is 7. The van der Waals surface area contributed by atoms with Gasteiger partial charge in [-0.25, -0.2) is 9.59 Å². The number of nitrogens with zero attached hydrogens (tertiary/aromatic N) is 1. The summed E-state index contributed by atoms with van der Waals surface area (Å²) in [7, 11) is 0. The molecular weight excluding hydrogens is 448 g/mol. The van der Waals surface area contributed by atoms with Crippen LogP contribution in [-0.4, -0.2) is 48.8 Å². The molecule has 1 amide bonds. The molecule has 1 aliphatic rings. The van der Waals surface area contributed by atoms with Crippen LogP contribution in [0.2, 0.25) is 0 Å². The molecule has 1 saturated heterocycles. The van der Waals surface area contributed by atoms with Crippen molar-refractivity contribution in [3.05, 3.63) is 108 Å².